The molecule has 2 fully saturated rings. The van der Waals surface area contributed by atoms with E-state index >= 15 is 0 Å². The average Bonchev–Trinajstić information content (AvgIpc) is 3.94. The standard InChI is InChI=1S/C20H17F3N4O2.C19H16F3N3O/c21-20(22,23)14-7-5-12(6-8-14)11-13-3-1-2-4-15(13)16-26-27-17(29-16)19(9-10-19)25-18(24)28;20-19(21,22)14-7-5-12(6-8-14)11-13-3-1-2-4-15(13)16-24-25-17(26-16)18(23)9-10-18/h1-8H,9-11H2,(H3,24,25,28);1-8H,9-11,23H2. The number of carbonyl (C=O) groups is 1. The van der Waals surface area contributed by atoms with Crippen molar-refractivity contribution in [3.8, 4) is 22.9 Å². The fourth-order valence-electron chi connectivity index (χ4n) is 5.99. The first-order chi connectivity index (χ1) is 26.1. The Morgan fingerprint density at radius 1 is 0.618 bits per heavy atom. The maximum Gasteiger partial charge on any atom is 0.416 e. The van der Waals surface area contributed by atoms with Crippen LogP contribution in [0.5, 0.6) is 0 Å². The van der Waals surface area contributed by atoms with Crippen LogP contribution < -0.4 is 16.8 Å². The van der Waals surface area contributed by atoms with Crippen molar-refractivity contribution in [1.29, 1.82) is 0 Å². The second-order valence-corrected chi connectivity index (χ2v) is 13.6. The maximum absolute atomic E-state index is 12.8. The van der Waals surface area contributed by atoms with Crippen molar-refractivity contribution < 1.29 is 40.0 Å². The van der Waals surface area contributed by atoms with Crippen molar-refractivity contribution in [2.75, 3.05) is 0 Å². The third-order valence-electron chi connectivity index (χ3n) is 9.43. The highest BCUT2D eigenvalue weighted by Gasteiger charge is 2.50. The zero-order chi connectivity index (χ0) is 39.0. The molecule has 6 aromatic rings. The number of alkyl halides is 6. The van der Waals surface area contributed by atoms with E-state index in [9.17, 15) is 31.1 Å². The van der Waals surface area contributed by atoms with Gasteiger partial charge in [-0.25, -0.2) is 4.79 Å². The number of primary amides is 1. The highest BCUT2D eigenvalue weighted by molar-refractivity contribution is 5.73. The Balaban J connectivity index is 0.000000170. The Labute approximate surface area is 310 Å². The zero-order valence-corrected chi connectivity index (χ0v) is 28.9. The predicted molar refractivity (Wildman–Crippen MR) is 187 cm³/mol. The largest absolute Gasteiger partial charge is 0.419 e. The molecule has 284 valence electrons. The molecule has 16 heteroatoms. The van der Waals surface area contributed by atoms with Gasteiger partial charge in [-0.1, -0.05) is 60.7 Å². The van der Waals surface area contributed by atoms with Crippen LogP contribution in [-0.4, -0.2) is 26.4 Å². The number of hydrogen-bond donors (Lipinski definition) is 3. The average molecular weight is 762 g/mol. The fourth-order valence-corrected chi connectivity index (χ4v) is 5.99. The van der Waals surface area contributed by atoms with Crippen LogP contribution in [0.1, 0.15) is 70.8 Å². The summed E-state index contributed by atoms with van der Waals surface area (Å²) in [6, 6.07) is 24.3. The number of halogens is 6. The Bertz CT molecular complexity index is 2290. The molecule has 55 heavy (non-hydrogen) atoms. The van der Waals surface area contributed by atoms with Crippen molar-refractivity contribution in [2.24, 2.45) is 11.5 Å². The number of benzene rings is 4. The normalized spacial score (nSPS) is 15.5. The number of rotatable bonds is 9. The van der Waals surface area contributed by atoms with Crippen LogP contribution in [0.3, 0.4) is 0 Å². The van der Waals surface area contributed by atoms with Gasteiger partial charge >= 0.3 is 18.4 Å². The minimum Gasteiger partial charge on any atom is -0.419 e. The van der Waals surface area contributed by atoms with Crippen LogP contribution in [0, 0.1) is 0 Å². The van der Waals surface area contributed by atoms with Gasteiger partial charge in [0.15, 0.2) is 0 Å². The van der Waals surface area contributed by atoms with Crippen LogP contribution >= 0.6 is 0 Å². The van der Waals surface area contributed by atoms with E-state index in [2.05, 4.69) is 25.7 Å². The maximum atomic E-state index is 12.8. The van der Waals surface area contributed by atoms with Gasteiger partial charge in [-0.2, -0.15) is 26.3 Å². The monoisotopic (exact) mass is 761 g/mol. The van der Waals surface area contributed by atoms with Crippen LogP contribution in [-0.2, 0) is 36.3 Å². The topological polar surface area (TPSA) is 159 Å². The molecule has 2 aliphatic carbocycles. The van der Waals surface area contributed by atoms with E-state index in [0.717, 1.165) is 64.9 Å². The fraction of sp³-hybridized carbons (Fsp3) is 0.256. The Hall–Kier alpha value is -6.03. The van der Waals surface area contributed by atoms with E-state index in [4.69, 9.17) is 20.3 Å². The van der Waals surface area contributed by atoms with E-state index < -0.39 is 40.6 Å². The van der Waals surface area contributed by atoms with Gasteiger partial charge in [0.2, 0.25) is 23.6 Å². The molecule has 10 nitrogen and oxygen atoms in total. The zero-order valence-electron chi connectivity index (χ0n) is 28.9. The molecule has 0 saturated heterocycles. The van der Waals surface area contributed by atoms with Crippen molar-refractivity contribution in [3.05, 3.63) is 142 Å². The highest BCUT2D eigenvalue weighted by atomic mass is 19.4. The van der Waals surface area contributed by atoms with Gasteiger partial charge in [0.05, 0.1) is 16.7 Å². The molecule has 0 atom stereocenters. The van der Waals surface area contributed by atoms with Gasteiger partial charge in [-0.15, -0.1) is 20.4 Å². The van der Waals surface area contributed by atoms with E-state index in [-0.39, 0.29) is 11.8 Å². The van der Waals surface area contributed by atoms with Crippen LogP contribution in [0.25, 0.3) is 22.9 Å². The molecule has 0 radical (unpaired) electrons. The molecular weight excluding hydrogens is 728 g/mol. The molecule has 2 saturated carbocycles. The molecule has 2 heterocycles. The summed E-state index contributed by atoms with van der Waals surface area (Å²) in [6.07, 6.45) is -4.89. The summed E-state index contributed by atoms with van der Waals surface area (Å²) in [7, 11) is 0. The number of urea groups is 1. The smallest absolute Gasteiger partial charge is 0.416 e. The molecule has 8 rings (SSSR count). The van der Waals surface area contributed by atoms with Crippen LogP contribution in [0.4, 0.5) is 31.1 Å². The number of nitrogens with two attached hydrogens (primary N) is 2. The van der Waals surface area contributed by atoms with Gasteiger partial charge in [-0.05, 0) is 97.2 Å². The lowest BCUT2D eigenvalue weighted by Crippen LogP contribution is -2.38. The summed E-state index contributed by atoms with van der Waals surface area (Å²) in [6.45, 7) is 0. The molecule has 2 aromatic heterocycles. The summed E-state index contributed by atoms with van der Waals surface area (Å²) in [5.74, 6) is 1.37. The summed E-state index contributed by atoms with van der Waals surface area (Å²) in [5.41, 5.74) is 13.4. The summed E-state index contributed by atoms with van der Waals surface area (Å²) in [5, 5.41) is 18.9. The van der Waals surface area contributed by atoms with Crippen molar-refractivity contribution >= 4 is 6.03 Å². The third-order valence-corrected chi connectivity index (χ3v) is 9.43. The minimum absolute atomic E-state index is 0.278. The summed E-state index contributed by atoms with van der Waals surface area (Å²) in [4.78, 5) is 11.2. The molecule has 0 bridgehead atoms. The van der Waals surface area contributed by atoms with Crippen molar-refractivity contribution in [1.82, 2.24) is 25.7 Å². The SMILES string of the molecule is NC(=O)NC1(c2nnc(-c3ccccc3Cc3ccc(C(F)(F)F)cc3)o2)CC1.NC1(c2nnc(-c3ccccc3Cc3ccc(C(F)(F)F)cc3)o2)CC1. The predicted octanol–water partition coefficient (Wildman–Crippen LogP) is 8.30. The molecule has 5 N–H and O–H groups in total. The Morgan fingerprint density at radius 2 is 1.04 bits per heavy atom. The summed E-state index contributed by atoms with van der Waals surface area (Å²) < 4.78 is 87.9. The van der Waals surface area contributed by atoms with E-state index in [1.165, 1.54) is 24.3 Å². The van der Waals surface area contributed by atoms with Gasteiger partial charge in [-0.3, -0.25) is 0 Å². The minimum atomic E-state index is -4.37. The van der Waals surface area contributed by atoms with Crippen LogP contribution in [0.2, 0.25) is 0 Å². The number of nitrogens with one attached hydrogen (secondary N) is 1. The summed E-state index contributed by atoms with van der Waals surface area (Å²) >= 11 is 0. The number of nitrogens with zero attached hydrogens (tertiary/aromatic N) is 4. The lowest BCUT2D eigenvalue weighted by Gasteiger charge is -2.11. The van der Waals surface area contributed by atoms with Gasteiger partial charge < -0.3 is 25.6 Å². The number of aromatic nitrogens is 4. The van der Waals surface area contributed by atoms with Gasteiger partial charge in [0.25, 0.3) is 0 Å². The highest BCUT2D eigenvalue weighted by Crippen LogP contribution is 2.45. The second kappa shape index (κ2) is 14.3. The molecule has 2 aliphatic rings. The lowest BCUT2D eigenvalue weighted by molar-refractivity contribution is -0.138. The molecule has 4 aromatic carbocycles. The first-order valence-electron chi connectivity index (χ1n) is 17.2. The molecule has 0 spiro atoms. The van der Waals surface area contributed by atoms with Crippen molar-refractivity contribution in [2.45, 2.75) is 62.0 Å². The van der Waals surface area contributed by atoms with Crippen LogP contribution in [0.15, 0.2) is 106 Å². The number of hydrogen-bond acceptors (Lipinski definition) is 8. The van der Waals surface area contributed by atoms with E-state index in [1.54, 1.807) is 6.07 Å². The molecule has 0 aliphatic heterocycles. The third kappa shape index (κ3) is 8.54. The first-order valence-corrected chi connectivity index (χ1v) is 17.2. The van der Waals surface area contributed by atoms with Gasteiger partial charge in [0.1, 0.15) is 5.54 Å². The Morgan fingerprint density at radius 3 is 1.44 bits per heavy atom. The second-order valence-electron chi connectivity index (χ2n) is 13.6. The first kappa shape index (κ1) is 37.3. The molecule has 2 amide bonds. The number of amides is 2. The lowest BCUT2D eigenvalue weighted by atomic mass is 9.99. The number of carbonyl (C=O) groups excluding carboxylic acids is 1. The van der Waals surface area contributed by atoms with Gasteiger partial charge in [0, 0.05) is 11.1 Å². The molecular formula is C39H33F6N7O3. The quantitative estimate of drug-likeness (QED) is 0.124. The Kier molecular flexibility index (Phi) is 9.71. The van der Waals surface area contributed by atoms with Crippen molar-refractivity contribution in [3.63, 3.8) is 0 Å². The molecule has 0 unspecified atom stereocenters. The van der Waals surface area contributed by atoms with E-state index in [1.807, 2.05) is 42.5 Å². The van der Waals surface area contributed by atoms with E-state index in [0.29, 0.717) is 43.0 Å².